The van der Waals surface area contributed by atoms with Crippen molar-refractivity contribution in [3.05, 3.63) is 40.7 Å². The molecular weight excluding hydrogens is 380 g/mol. The van der Waals surface area contributed by atoms with Crippen LogP contribution in [0, 0.1) is 0 Å². The first-order valence-electron chi connectivity index (χ1n) is 10.5. The monoisotopic (exact) mass is 404 g/mol. The van der Waals surface area contributed by atoms with Crippen molar-refractivity contribution in [2.45, 2.75) is 13.1 Å². The van der Waals surface area contributed by atoms with Gasteiger partial charge in [0.2, 0.25) is 0 Å². The molecule has 154 valence electrons. The van der Waals surface area contributed by atoms with Gasteiger partial charge in [0, 0.05) is 30.7 Å². The second-order valence-corrected chi connectivity index (χ2v) is 8.00. The predicted octanol–water partition coefficient (Wildman–Crippen LogP) is 2.55. The molecule has 4 aromatic rings. The third-order valence-corrected chi connectivity index (χ3v) is 6.29. The minimum absolute atomic E-state index is 0.0597. The van der Waals surface area contributed by atoms with Gasteiger partial charge in [0.05, 0.1) is 59.1 Å². The summed E-state index contributed by atoms with van der Waals surface area (Å²) in [5.41, 5.74) is 4.78. The SMILES string of the molecule is O=c1c2c(NCCCN3CCOCC3)ccc3c2n(c2ccc4[nH]ncc4c12)CN3. The van der Waals surface area contributed by atoms with Crippen LogP contribution >= 0.6 is 0 Å². The van der Waals surface area contributed by atoms with Crippen molar-refractivity contribution < 1.29 is 4.74 Å². The van der Waals surface area contributed by atoms with E-state index >= 15 is 0 Å². The molecule has 0 aliphatic carbocycles. The van der Waals surface area contributed by atoms with E-state index in [1.54, 1.807) is 6.20 Å². The molecule has 0 radical (unpaired) electrons. The molecule has 8 heteroatoms. The van der Waals surface area contributed by atoms with E-state index in [0.29, 0.717) is 6.67 Å². The van der Waals surface area contributed by atoms with Crippen LogP contribution in [-0.4, -0.2) is 59.1 Å². The topological polar surface area (TPSA) is 87.2 Å². The molecule has 2 aliphatic rings. The van der Waals surface area contributed by atoms with Gasteiger partial charge in [-0.3, -0.25) is 14.8 Å². The number of hydrogen-bond donors (Lipinski definition) is 3. The predicted molar refractivity (Wildman–Crippen MR) is 119 cm³/mol. The minimum Gasteiger partial charge on any atom is -0.384 e. The number of benzene rings is 2. The summed E-state index contributed by atoms with van der Waals surface area (Å²) in [4.78, 5) is 16.1. The van der Waals surface area contributed by atoms with Crippen LogP contribution in [0.1, 0.15) is 6.42 Å². The maximum Gasteiger partial charge on any atom is 0.200 e. The van der Waals surface area contributed by atoms with Crippen molar-refractivity contribution >= 4 is 44.1 Å². The number of fused-ring (bicyclic) bond motifs is 4. The fourth-order valence-corrected chi connectivity index (χ4v) is 4.79. The molecule has 0 atom stereocenters. The standard InChI is InChI=1S/C22H24N6O2/c29-22-19-14-12-25-26-15(14)4-5-18(19)28-13-24-17-3-2-16(20(22)21(17)28)23-6-1-7-27-8-10-30-11-9-27/h2-5,12,23-24H,1,6-11,13H2,(H,25,26). The zero-order valence-electron chi connectivity index (χ0n) is 16.7. The highest BCUT2D eigenvalue weighted by Gasteiger charge is 2.22. The molecule has 30 heavy (non-hydrogen) atoms. The Morgan fingerprint density at radius 3 is 2.93 bits per heavy atom. The molecule has 2 aliphatic heterocycles. The van der Waals surface area contributed by atoms with Gasteiger partial charge in [-0.1, -0.05) is 0 Å². The highest BCUT2D eigenvalue weighted by Crippen LogP contribution is 2.35. The number of rotatable bonds is 5. The Bertz CT molecular complexity index is 1320. The second-order valence-electron chi connectivity index (χ2n) is 8.00. The molecule has 0 spiro atoms. The van der Waals surface area contributed by atoms with Gasteiger partial charge in [0.25, 0.3) is 0 Å². The summed E-state index contributed by atoms with van der Waals surface area (Å²) in [6.45, 7) is 6.17. The molecule has 0 bridgehead atoms. The Kier molecular flexibility index (Phi) is 4.14. The van der Waals surface area contributed by atoms with E-state index in [0.717, 1.165) is 89.9 Å². The number of nitrogens with one attached hydrogen (secondary N) is 3. The van der Waals surface area contributed by atoms with Crippen LogP contribution in [0.4, 0.5) is 11.4 Å². The zero-order chi connectivity index (χ0) is 20.1. The smallest absolute Gasteiger partial charge is 0.200 e. The lowest BCUT2D eigenvalue weighted by Crippen LogP contribution is -2.37. The highest BCUT2D eigenvalue weighted by atomic mass is 16.5. The van der Waals surface area contributed by atoms with Crippen LogP contribution in [0.25, 0.3) is 32.7 Å². The third kappa shape index (κ3) is 2.68. The molecule has 1 fully saturated rings. The summed E-state index contributed by atoms with van der Waals surface area (Å²) in [6.07, 6.45) is 2.77. The van der Waals surface area contributed by atoms with Gasteiger partial charge in [0.15, 0.2) is 5.43 Å². The summed E-state index contributed by atoms with van der Waals surface area (Å²) in [5.74, 6) is 0. The van der Waals surface area contributed by atoms with Crippen LogP contribution in [0.2, 0.25) is 0 Å². The molecule has 0 amide bonds. The van der Waals surface area contributed by atoms with E-state index in [1.807, 2.05) is 18.2 Å². The first-order chi connectivity index (χ1) is 14.8. The van der Waals surface area contributed by atoms with E-state index in [9.17, 15) is 4.79 Å². The number of nitrogens with zero attached hydrogens (tertiary/aromatic N) is 3. The van der Waals surface area contributed by atoms with Crippen LogP contribution in [0.3, 0.4) is 0 Å². The summed E-state index contributed by atoms with van der Waals surface area (Å²) in [7, 11) is 0. The number of aromatic amines is 1. The Balaban J connectivity index is 1.40. The van der Waals surface area contributed by atoms with Crippen molar-refractivity contribution in [2.75, 3.05) is 50.0 Å². The lowest BCUT2D eigenvalue weighted by molar-refractivity contribution is 0.0378. The van der Waals surface area contributed by atoms with Gasteiger partial charge in [0.1, 0.15) is 0 Å². The lowest BCUT2D eigenvalue weighted by atomic mass is 10.0. The molecule has 0 unspecified atom stereocenters. The van der Waals surface area contributed by atoms with Crippen LogP contribution in [0.5, 0.6) is 0 Å². The summed E-state index contributed by atoms with van der Waals surface area (Å²) >= 11 is 0. The second kappa shape index (κ2) is 7.00. The van der Waals surface area contributed by atoms with Crippen LogP contribution in [0.15, 0.2) is 35.3 Å². The number of anilines is 2. The molecule has 8 nitrogen and oxygen atoms in total. The Labute approximate surface area is 172 Å². The van der Waals surface area contributed by atoms with Crippen molar-refractivity contribution in [3.63, 3.8) is 0 Å². The average Bonchev–Trinajstić information content (AvgIpc) is 3.43. The summed E-state index contributed by atoms with van der Waals surface area (Å²) in [5, 5.41) is 16.5. The van der Waals surface area contributed by atoms with E-state index in [2.05, 4.69) is 36.4 Å². The van der Waals surface area contributed by atoms with Gasteiger partial charge in [-0.25, -0.2) is 0 Å². The molecule has 1 saturated heterocycles. The van der Waals surface area contributed by atoms with E-state index < -0.39 is 0 Å². The van der Waals surface area contributed by atoms with E-state index in [1.165, 1.54) is 0 Å². The quantitative estimate of drug-likeness (QED) is 0.350. The van der Waals surface area contributed by atoms with E-state index in [4.69, 9.17) is 4.74 Å². The number of H-pyrrole nitrogens is 1. The molecule has 3 N–H and O–H groups in total. The fourth-order valence-electron chi connectivity index (χ4n) is 4.79. The Hall–Kier alpha value is -3.10. The van der Waals surface area contributed by atoms with Gasteiger partial charge < -0.3 is 19.9 Å². The Morgan fingerprint density at radius 1 is 1.13 bits per heavy atom. The van der Waals surface area contributed by atoms with Crippen LogP contribution in [-0.2, 0) is 11.4 Å². The van der Waals surface area contributed by atoms with Gasteiger partial charge in [-0.15, -0.1) is 0 Å². The van der Waals surface area contributed by atoms with Gasteiger partial charge in [-0.2, -0.15) is 5.10 Å². The minimum atomic E-state index is 0.0597. The number of aromatic nitrogens is 3. The number of ether oxygens (including phenoxy) is 1. The molecule has 6 rings (SSSR count). The summed E-state index contributed by atoms with van der Waals surface area (Å²) < 4.78 is 7.62. The normalized spacial score (nSPS) is 16.5. The zero-order valence-corrected chi connectivity index (χ0v) is 16.7. The van der Waals surface area contributed by atoms with Gasteiger partial charge >= 0.3 is 0 Å². The lowest BCUT2D eigenvalue weighted by Gasteiger charge is -2.26. The van der Waals surface area contributed by atoms with Crippen molar-refractivity contribution in [1.82, 2.24) is 19.7 Å². The largest absolute Gasteiger partial charge is 0.384 e. The van der Waals surface area contributed by atoms with Crippen molar-refractivity contribution in [3.8, 4) is 0 Å². The summed E-state index contributed by atoms with van der Waals surface area (Å²) in [6, 6.07) is 8.09. The maximum absolute atomic E-state index is 13.7. The van der Waals surface area contributed by atoms with Crippen LogP contribution < -0.4 is 16.1 Å². The maximum atomic E-state index is 13.7. The van der Waals surface area contributed by atoms with Gasteiger partial charge in [-0.05, 0) is 37.2 Å². The third-order valence-electron chi connectivity index (χ3n) is 6.29. The molecule has 4 heterocycles. The van der Waals surface area contributed by atoms with E-state index in [-0.39, 0.29) is 5.43 Å². The molecule has 2 aromatic heterocycles. The number of hydrogen-bond acceptors (Lipinski definition) is 6. The Morgan fingerprint density at radius 2 is 2.03 bits per heavy atom. The average molecular weight is 404 g/mol. The number of morpholine rings is 1. The van der Waals surface area contributed by atoms with Crippen molar-refractivity contribution in [2.24, 2.45) is 0 Å². The molecule has 2 aromatic carbocycles. The highest BCUT2D eigenvalue weighted by molar-refractivity contribution is 6.13. The van der Waals surface area contributed by atoms with Crippen molar-refractivity contribution in [1.29, 1.82) is 0 Å². The molecular formula is C22H24N6O2. The molecule has 0 saturated carbocycles. The number of pyridine rings is 1. The first kappa shape index (κ1) is 17.7. The fraction of sp³-hybridized carbons (Fsp3) is 0.364. The first-order valence-corrected chi connectivity index (χ1v) is 10.5.